The summed E-state index contributed by atoms with van der Waals surface area (Å²) >= 11 is 6.02. The number of halogens is 1. The fourth-order valence-electron chi connectivity index (χ4n) is 2.31. The van der Waals surface area contributed by atoms with Gasteiger partial charge in [0.1, 0.15) is 11.5 Å². The Kier molecular flexibility index (Phi) is 5.23. The fraction of sp³-hybridized carbons (Fsp3) is 0.533. The first kappa shape index (κ1) is 18.0. The number of hydrogen-bond donors (Lipinski definition) is 1. The van der Waals surface area contributed by atoms with Crippen LogP contribution in [-0.2, 0) is 31.7 Å². The maximum absolute atomic E-state index is 12.3. The van der Waals surface area contributed by atoms with Crippen molar-refractivity contribution in [3.63, 3.8) is 0 Å². The lowest BCUT2D eigenvalue weighted by molar-refractivity contribution is -0.120. The highest BCUT2D eigenvalue weighted by Crippen LogP contribution is 2.32. The van der Waals surface area contributed by atoms with Crippen LogP contribution in [0.15, 0.2) is 12.1 Å². The summed E-state index contributed by atoms with van der Waals surface area (Å²) in [6, 6.07) is 3.23. The van der Waals surface area contributed by atoms with Gasteiger partial charge in [-0.2, -0.15) is 0 Å². The van der Waals surface area contributed by atoms with Crippen LogP contribution in [-0.4, -0.2) is 32.4 Å². The first-order valence-corrected chi connectivity index (χ1v) is 9.29. The van der Waals surface area contributed by atoms with Crippen LogP contribution < -0.4 is 10.1 Å². The van der Waals surface area contributed by atoms with Gasteiger partial charge in [-0.1, -0.05) is 11.6 Å². The van der Waals surface area contributed by atoms with Crippen LogP contribution in [0.1, 0.15) is 31.9 Å². The molecular formula is C15H20ClNO5S. The van der Waals surface area contributed by atoms with Crippen LogP contribution in [0.3, 0.4) is 0 Å². The van der Waals surface area contributed by atoms with Crippen LogP contribution in [0.5, 0.6) is 5.75 Å². The first-order valence-electron chi connectivity index (χ1n) is 7.09. The van der Waals surface area contributed by atoms with Crippen molar-refractivity contribution in [2.45, 2.75) is 38.7 Å². The van der Waals surface area contributed by atoms with Gasteiger partial charge in [-0.15, -0.1) is 0 Å². The smallest absolute Gasteiger partial charge is 0.235 e. The van der Waals surface area contributed by atoms with E-state index in [-0.39, 0.29) is 12.5 Å². The number of ether oxygens (including phenoxy) is 2. The zero-order valence-corrected chi connectivity index (χ0v) is 14.9. The summed E-state index contributed by atoms with van der Waals surface area (Å²) in [7, 11) is -3.65. The maximum Gasteiger partial charge on any atom is 0.235 e. The van der Waals surface area contributed by atoms with Gasteiger partial charge in [0.25, 0.3) is 0 Å². The van der Waals surface area contributed by atoms with E-state index in [2.05, 4.69) is 5.32 Å². The minimum absolute atomic E-state index is 0.0617. The van der Waals surface area contributed by atoms with Gasteiger partial charge >= 0.3 is 0 Å². The summed E-state index contributed by atoms with van der Waals surface area (Å²) < 4.78 is 35.2. The van der Waals surface area contributed by atoms with E-state index in [1.54, 1.807) is 32.9 Å². The fourth-order valence-corrected chi connectivity index (χ4v) is 3.83. The number of rotatable bonds is 4. The number of hydrogen-bond acceptors (Lipinski definition) is 5. The third kappa shape index (κ3) is 5.37. The molecule has 8 heteroatoms. The SMILES string of the molecule is CC(C)(C)NC(=O)CS(=O)(=O)Cc1cc(Cl)cc2c1OCOC2. The molecule has 1 aliphatic rings. The number of nitrogens with one attached hydrogen (secondary N) is 1. The van der Waals surface area contributed by atoms with Crippen LogP contribution in [0, 0.1) is 0 Å². The summed E-state index contributed by atoms with van der Waals surface area (Å²) in [6.07, 6.45) is 0. The Bertz CT molecular complexity index is 709. The van der Waals surface area contributed by atoms with Gasteiger partial charge in [0.15, 0.2) is 16.6 Å². The molecule has 0 spiro atoms. The molecule has 0 atom stereocenters. The lowest BCUT2D eigenvalue weighted by Gasteiger charge is -2.22. The third-order valence-electron chi connectivity index (χ3n) is 2.99. The summed E-state index contributed by atoms with van der Waals surface area (Å²) in [5.74, 6) is -0.951. The van der Waals surface area contributed by atoms with E-state index in [1.807, 2.05) is 0 Å². The topological polar surface area (TPSA) is 81.7 Å². The van der Waals surface area contributed by atoms with Crippen molar-refractivity contribution in [2.75, 3.05) is 12.5 Å². The third-order valence-corrected chi connectivity index (χ3v) is 4.66. The molecule has 1 aliphatic heterocycles. The molecule has 0 saturated heterocycles. The Morgan fingerprint density at radius 2 is 2.04 bits per heavy atom. The van der Waals surface area contributed by atoms with Crippen molar-refractivity contribution < 1.29 is 22.7 Å². The van der Waals surface area contributed by atoms with Crippen molar-refractivity contribution >= 4 is 27.3 Å². The van der Waals surface area contributed by atoms with Gasteiger partial charge in [0, 0.05) is 21.7 Å². The quantitative estimate of drug-likeness (QED) is 0.887. The largest absolute Gasteiger partial charge is 0.467 e. The van der Waals surface area contributed by atoms with Gasteiger partial charge in [0.05, 0.1) is 12.4 Å². The van der Waals surface area contributed by atoms with E-state index in [0.29, 0.717) is 28.5 Å². The molecule has 2 rings (SSSR count). The molecule has 6 nitrogen and oxygen atoms in total. The molecule has 0 unspecified atom stereocenters. The lowest BCUT2D eigenvalue weighted by Crippen LogP contribution is -2.43. The van der Waals surface area contributed by atoms with Crippen LogP contribution in [0.25, 0.3) is 0 Å². The predicted molar refractivity (Wildman–Crippen MR) is 87.1 cm³/mol. The van der Waals surface area contributed by atoms with Crippen molar-refractivity contribution in [2.24, 2.45) is 0 Å². The van der Waals surface area contributed by atoms with Crippen molar-refractivity contribution in [1.29, 1.82) is 0 Å². The Morgan fingerprint density at radius 3 is 2.70 bits per heavy atom. The van der Waals surface area contributed by atoms with Crippen LogP contribution in [0.2, 0.25) is 5.02 Å². The second-order valence-corrected chi connectivity index (χ2v) is 9.00. The second-order valence-electron chi connectivity index (χ2n) is 6.49. The first-order chi connectivity index (χ1) is 10.6. The van der Waals surface area contributed by atoms with Crippen molar-refractivity contribution in [3.05, 3.63) is 28.3 Å². The molecule has 1 heterocycles. The molecule has 0 bridgehead atoms. The average molecular weight is 362 g/mol. The highest BCUT2D eigenvalue weighted by molar-refractivity contribution is 7.91. The molecule has 0 aromatic heterocycles. The van der Waals surface area contributed by atoms with E-state index >= 15 is 0 Å². The predicted octanol–water partition coefficient (Wildman–Crippen LogP) is 2.04. The summed E-state index contributed by atoms with van der Waals surface area (Å²) in [5, 5.41) is 3.04. The highest BCUT2D eigenvalue weighted by atomic mass is 35.5. The Labute approximate surface area is 141 Å². The van der Waals surface area contributed by atoms with Gasteiger partial charge < -0.3 is 14.8 Å². The Hall–Kier alpha value is -1.31. The van der Waals surface area contributed by atoms with Gasteiger partial charge in [-0.3, -0.25) is 4.79 Å². The zero-order chi connectivity index (χ0) is 17.3. The normalized spacial score (nSPS) is 14.8. The molecular weight excluding hydrogens is 342 g/mol. The minimum atomic E-state index is -3.65. The zero-order valence-electron chi connectivity index (χ0n) is 13.3. The molecule has 0 saturated carbocycles. The molecule has 0 radical (unpaired) electrons. The number of carbonyl (C=O) groups is 1. The minimum Gasteiger partial charge on any atom is -0.467 e. The Balaban J connectivity index is 2.18. The van der Waals surface area contributed by atoms with E-state index in [4.69, 9.17) is 21.1 Å². The number of benzene rings is 1. The molecule has 1 N–H and O–H groups in total. The molecule has 0 fully saturated rings. The molecule has 1 aromatic carbocycles. The van der Waals surface area contributed by atoms with Gasteiger partial charge in [0.2, 0.25) is 5.91 Å². The average Bonchev–Trinajstić information content (AvgIpc) is 2.34. The van der Waals surface area contributed by atoms with Crippen LogP contribution >= 0.6 is 11.6 Å². The molecule has 1 amide bonds. The number of amides is 1. The molecule has 0 aliphatic carbocycles. The van der Waals surface area contributed by atoms with Crippen LogP contribution in [0.4, 0.5) is 0 Å². The molecule has 128 valence electrons. The van der Waals surface area contributed by atoms with E-state index in [9.17, 15) is 13.2 Å². The van der Waals surface area contributed by atoms with E-state index in [0.717, 1.165) is 0 Å². The molecule has 23 heavy (non-hydrogen) atoms. The lowest BCUT2D eigenvalue weighted by atomic mass is 10.1. The summed E-state index contributed by atoms with van der Waals surface area (Å²) in [5.41, 5.74) is 0.662. The van der Waals surface area contributed by atoms with E-state index in [1.165, 1.54) is 0 Å². The van der Waals surface area contributed by atoms with Crippen molar-refractivity contribution in [1.82, 2.24) is 5.32 Å². The number of carbonyl (C=O) groups excluding carboxylic acids is 1. The standard InChI is InChI=1S/C15H20ClNO5S/c1-15(2,3)17-13(18)8-23(19,20)7-11-5-12(16)4-10-6-21-9-22-14(10)11/h4-5H,6-9H2,1-3H3,(H,17,18). The Morgan fingerprint density at radius 1 is 1.35 bits per heavy atom. The van der Waals surface area contributed by atoms with E-state index < -0.39 is 27.0 Å². The van der Waals surface area contributed by atoms with Gasteiger partial charge in [-0.05, 0) is 32.9 Å². The summed E-state index contributed by atoms with van der Waals surface area (Å²) in [4.78, 5) is 11.9. The maximum atomic E-state index is 12.3. The summed E-state index contributed by atoms with van der Waals surface area (Å²) in [6.45, 7) is 5.75. The highest BCUT2D eigenvalue weighted by Gasteiger charge is 2.25. The number of sulfone groups is 1. The number of fused-ring (bicyclic) bond motifs is 1. The second kappa shape index (κ2) is 6.67. The molecule has 1 aromatic rings. The monoisotopic (exact) mass is 361 g/mol. The van der Waals surface area contributed by atoms with Crippen molar-refractivity contribution in [3.8, 4) is 5.75 Å². The van der Waals surface area contributed by atoms with Gasteiger partial charge in [-0.25, -0.2) is 8.42 Å².